The second-order valence-corrected chi connectivity index (χ2v) is 5.48. The van der Waals surface area contributed by atoms with Gasteiger partial charge in [-0.1, -0.05) is 17.7 Å². The van der Waals surface area contributed by atoms with E-state index in [4.69, 9.17) is 17.3 Å². The van der Waals surface area contributed by atoms with Gasteiger partial charge in [0.25, 0.3) is 0 Å². The SMILES string of the molecule is Cl.NCCC1CCCN(Cc2ccc(Cl)c(F)c2)C1. The van der Waals surface area contributed by atoms with Gasteiger partial charge in [-0.2, -0.15) is 0 Å². The van der Waals surface area contributed by atoms with Gasteiger partial charge in [0.2, 0.25) is 0 Å². The van der Waals surface area contributed by atoms with Crippen molar-refractivity contribution in [1.29, 1.82) is 0 Å². The third-order valence-electron chi connectivity index (χ3n) is 3.57. The van der Waals surface area contributed by atoms with E-state index in [0.717, 1.165) is 38.2 Å². The molecule has 0 saturated carbocycles. The van der Waals surface area contributed by atoms with E-state index in [1.807, 2.05) is 6.07 Å². The average Bonchev–Trinajstić information content (AvgIpc) is 2.35. The van der Waals surface area contributed by atoms with Crippen LogP contribution in [0.4, 0.5) is 4.39 Å². The second-order valence-electron chi connectivity index (χ2n) is 5.07. The van der Waals surface area contributed by atoms with Gasteiger partial charge in [-0.3, -0.25) is 4.90 Å². The monoisotopic (exact) mass is 306 g/mol. The van der Waals surface area contributed by atoms with Gasteiger partial charge in [0.15, 0.2) is 0 Å². The highest BCUT2D eigenvalue weighted by Gasteiger charge is 2.19. The maximum absolute atomic E-state index is 13.4. The Morgan fingerprint density at radius 3 is 2.89 bits per heavy atom. The van der Waals surface area contributed by atoms with Crippen LogP contribution in [0.2, 0.25) is 5.02 Å². The quantitative estimate of drug-likeness (QED) is 0.923. The lowest BCUT2D eigenvalue weighted by molar-refractivity contribution is 0.163. The Morgan fingerprint density at radius 1 is 1.42 bits per heavy atom. The Bertz CT molecular complexity index is 399. The molecule has 0 aromatic heterocycles. The summed E-state index contributed by atoms with van der Waals surface area (Å²) in [5, 5.41) is 0.193. The Labute approximate surface area is 125 Å². The largest absolute Gasteiger partial charge is 0.330 e. The summed E-state index contributed by atoms with van der Waals surface area (Å²) in [6.07, 6.45) is 3.56. The van der Waals surface area contributed by atoms with Gasteiger partial charge >= 0.3 is 0 Å². The molecule has 2 nitrogen and oxygen atoms in total. The van der Waals surface area contributed by atoms with Gasteiger partial charge in [0, 0.05) is 13.1 Å². The summed E-state index contributed by atoms with van der Waals surface area (Å²) < 4.78 is 13.4. The van der Waals surface area contributed by atoms with Crippen LogP contribution in [-0.2, 0) is 6.54 Å². The number of nitrogens with zero attached hydrogens (tertiary/aromatic N) is 1. The molecule has 5 heteroatoms. The molecule has 1 atom stereocenters. The molecule has 0 aliphatic carbocycles. The predicted octanol–water partition coefficient (Wildman–Crippen LogP) is 3.46. The molecule has 2 rings (SSSR count). The molecule has 1 aromatic rings. The van der Waals surface area contributed by atoms with Crippen molar-refractivity contribution in [2.24, 2.45) is 11.7 Å². The van der Waals surface area contributed by atoms with E-state index < -0.39 is 0 Å². The number of hydrogen-bond donors (Lipinski definition) is 1. The first-order valence-electron chi connectivity index (χ1n) is 6.55. The highest BCUT2D eigenvalue weighted by Crippen LogP contribution is 2.22. The average molecular weight is 307 g/mol. The Balaban J connectivity index is 0.00000180. The van der Waals surface area contributed by atoms with Crippen molar-refractivity contribution in [2.75, 3.05) is 19.6 Å². The van der Waals surface area contributed by atoms with Crippen LogP contribution in [0.5, 0.6) is 0 Å². The molecule has 1 unspecified atom stereocenters. The van der Waals surface area contributed by atoms with Crippen LogP contribution in [0.25, 0.3) is 0 Å². The van der Waals surface area contributed by atoms with Gasteiger partial charge in [-0.05, 0) is 56.0 Å². The van der Waals surface area contributed by atoms with Crippen molar-refractivity contribution in [2.45, 2.75) is 25.8 Å². The van der Waals surface area contributed by atoms with E-state index in [9.17, 15) is 4.39 Å². The van der Waals surface area contributed by atoms with Crippen LogP contribution < -0.4 is 5.73 Å². The molecule has 108 valence electrons. The van der Waals surface area contributed by atoms with Crippen molar-refractivity contribution < 1.29 is 4.39 Å². The molecular formula is C14H21Cl2FN2. The van der Waals surface area contributed by atoms with Crippen molar-refractivity contribution >= 4 is 24.0 Å². The first-order valence-corrected chi connectivity index (χ1v) is 6.93. The highest BCUT2D eigenvalue weighted by atomic mass is 35.5. The molecular weight excluding hydrogens is 286 g/mol. The summed E-state index contributed by atoms with van der Waals surface area (Å²) in [7, 11) is 0. The number of nitrogens with two attached hydrogens (primary N) is 1. The van der Waals surface area contributed by atoms with Crippen molar-refractivity contribution in [3.63, 3.8) is 0 Å². The molecule has 1 saturated heterocycles. The summed E-state index contributed by atoms with van der Waals surface area (Å²) >= 11 is 5.69. The second kappa shape index (κ2) is 8.05. The van der Waals surface area contributed by atoms with Crippen LogP contribution in [0.15, 0.2) is 18.2 Å². The number of benzene rings is 1. The molecule has 0 amide bonds. The smallest absolute Gasteiger partial charge is 0.142 e. The van der Waals surface area contributed by atoms with Crippen LogP contribution in [0.3, 0.4) is 0 Å². The normalized spacial score (nSPS) is 20.1. The van der Waals surface area contributed by atoms with E-state index >= 15 is 0 Å². The van der Waals surface area contributed by atoms with Crippen LogP contribution in [-0.4, -0.2) is 24.5 Å². The Morgan fingerprint density at radius 2 is 2.21 bits per heavy atom. The highest BCUT2D eigenvalue weighted by molar-refractivity contribution is 6.30. The number of halogens is 3. The summed E-state index contributed by atoms with van der Waals surface area (Å²) in [5.74, 6) is 0.366. The fraction of sp³-hybridized carbons (Fsp3) is 0.571. The predicted molar refractivity (Wildman–Crippen MR) is 80.3 cm³/mol. The van der Waals surface area contributed by atoms with E-state index in [1.54, 1.807) is 6.07 Å². The molecule has 0 spiro atoms. The molecule has 1 aliphatic rings. The van der Waals surface area contributed by atoms with E-state index in [1.165, 1.54) is 18.9 Å². The summed E-state index contributed by atoms with van der Waals surface area (Å²) in [5.41, 5.74) is 6.60. The molecule has 1 aliphatic heterocycles. The van der Waals surface area contributed by atoms with Crippen LogP contribution in [0, 0.1) is 11.7 Å². The van der Waals surface area contributed by atoms with Gasteiger partial charge in [0.1, 0.15) is 5.82 Å². The fourth-order valence-electron chi connectivity index (χ4n) is 2.66. The zero-order chi connectivity index (χ0) is 13.0. The van der Waals surface area contributed by atoms with E-state index in [0.29, 0.717) is 5.92 Å². The number of likely N-dealkylation sites (tertiary alicyclic amines) is 1. The topological polar surface area (TPSA) is 29.3 Å². The van der Waals surface area contributed by atoms with E-state index in [2.05, 4.69) is 4.90 Å². The van der Waals surface area contributed by atoms with Crippen molar-refractivity contribution in [3.05, 3.63) is 34.6 Å². The third-order valence-corrected chi connectivity index (χ3v) is 3.87. The zero-order valence-corrected chi connectivity index (χ0v) is 12.5. The molecule has 1 aromatic carbocycles. The Kier molecular flexibility index (Phi) is 7.08. The maximum Gasteiger partial charge on any atom is 0.142 e. The van der Waals surface area contributed by atoms with Gasteiger partial charge in [-0.25, -0.2) is 4.39 Å². The molecule has 19 heavy (non-hydrogen) atoms. The van der Waals surface area contributed by atoms with Crippen LogP contribution >= 0.6 is 24.0 Å². The van der Waals surface area contributed by atoms with Crippen molar-refractivity contribution in [3.8, 4) is 0 Å². The first-order chi connectivity index (χ1) is 8.69. The lowest BCUT2D eigenvalue weighted by Gasteiger charge is -2.32. The first kappa shape index (κ1) is 16.7. The fourth-order valence-corrected chi connectivity index (χ4v) is 2.78. The minimum atomic E-state index is -0.329. The molecule has 0 radical (unpaired) electrons. The maximum atomic E-state index is 13.4. The van der Waals surface area contributed by atoms with Gasteiger partial charge in [0.05, 0.1) is 5.02 Å². The summed E-state index contributed by atoms with van der Waals surface area (Å²) in [4.78, 5) is 2.38. The number of hydrogen-bond acceptors (Lipinski definition) is 2. The van der Waals surface area contributed by atoms with Crippen molar-refractivity contribution in [1.82, 2.24) is 4.90 Å². The summed E-state index contributed by atoms with van der Waals surface area (Å²) in [6, 6.07) is 5.07. The minimum Gasteiger partial charge on any atom is -0.330 e. The van der Waals surface area contributed by atoms with Crippen LogP contribution in [0.1, 0.15) is 24.8 Å². The standard InChI is InChI=1S/C14H20ClFN2.ClH/c15-13-4-3-12(8-14(13)16)10-18-7-1-2-11(9-18)5-6-17;/h3-4,8,11H,1-2,5-7,9-10,17H2;1H. The molecule has 1 fully saturated rings. The lowest BCUT2D eigenvalue weighted by Crippen LogP contribution is -2.35. The lowest BCUT2D eigenvalue weighted by atomic mass is 9.94. The molecule has 2 N–H and O–H groups in total. The molecule has 1 heterocycles. The zero-order valence-electron chi connectivity index (χ0n) is 10.9. The third kappa shape index (κ3) is 4.92. The van der Waals surface area contributed by atoms with E-state index in [-0.39, 0.29) is 23.2 Å². The molecule has 0 bridgehead atoms. The number of rotatable bonds is 4. The summed E-state index contributed by atoms with van der Waals surface area (Å²) in [6.45, 7) is 3.72. The van der Waals surface area contributed by atoms with Gasteiger partial charge in [-0.15, -0.1) is 12.4 Å². The van der Waals surface area contributed by atoms with Gasteiger partial charge < -0.3 is 5.73 Å². The minimum absolute atomic E-state index is 0. The Hall–Kier alpha value is -0.350. The number of piperidine rings is 1.